The molecular weight excluding hydrogens is 350 g/mol. The summed E-state index contributed by atoms with van der Waals surface area (Å²) in [6.07, 6.45) is 8.58. The predicted molar refractivity (Wildman–Crippen MR) is 100 cm³/mol. The number of hydrogen-bond donors (Lipinski definition) is 2. The second-order valence-corrected chi connectivity index (χ2v) is 9.76. The van der Waals surface area contributed by atoms with Gasteiger partial charge in [0.25, 0.3) is 0 Å². The fraction of sp³-hybridized carbons (Fsp3) is 0.550. The van der Waals surface area contributed by atoms with Gasteiger partial charge in [-0.05, 0) is 62.5 Å². The Kier molecular flexibility index (Phi) is 5.53. The number of aliphatic carboxylic acids is 1. The summed E-state index contributed by atoms with van der Waals surface area (Å²) in [5.74, 6) is -0.737. The number of hydrogen-bond acceptors (Lipinski definition) is 4. The van der Waals surface area contributed by atoms with Crippen molar-refractivity contribution in [2.45, 2.75) is 60.6 Å². The monoisotopic (exact) mass is 377 g/mol. The Labute approximate surface area is 155 Å². The molecule has 0 aliphatic heterocycles. The minimum absolute atomic E-state index is 0.0813. The number of unbranched alkanes of at least 4 members (excludes halogenated alkanes) is 1. The molecule has 26 heavy (non-hydrogen) atoms. The fourth-order valence-electron chi connectivity index (χ4n) is 4.76. The number of fused-ring (bicyclic) bond motifs is 2. The minimum Gasteiger partial charge on any atom is -0.481 e. The van der Waals surface area contributed by atoms with Gasteiger partial charge in [0.05, 0.1) is 10.1 Å². The van der Waals surface area contributed by atoms with Crippen LogP contribution in [0.5, 0.6) is 0 Å². The number of carboxylic acid groups (broad SMARTS) is 1. The molecule has 2 aliphatic carbocycles. The Balaban J connectivity index is 1.74. The lowest BCUT2D eigenvalue weighted by molar-refractivity contribution is -0.137. The highest BCUT2D eigenvalue weighted by molar-refractivity contribution is 7.92. The molecule has 2 fully saturated rings. The second-order valence-electron chi connectivity index (χ2n) is 7.66. The summed E-state index contributed by atoms with van der Waals surface area (Å²) < 4.78 is 26.5. The van der Waals surface area contributed by atoms with Gasteiger partial charge in [-0.2, -0.15) is 0 Å². The van der Waals surface area contributed by atoms with Gasteiger partial charge in [0.2, 0.25) is 0 Å². The maximum absolute atomic E-state index is 13.2. The van der Waals surface area contributed by atoms with E-state index in [2.05, 4.69) is 0 Å². The van der Waals surface area contributed by atoms with Crippen LogP contribution in [-0.4, -0.2) is 30.3 Å². The molecule has 4 atom stereocenters. The van der Waals surface area contributed by atoms with Gasteiger partial charge in [-0.25, -0.2) is 8.42 Å². The SMILES string of the molecule is N[C@]12CC[C@@H](C1)[C@H](S(=O)(=O)c1ccccc1)[C@H]2CC=CCCCC(=O)O. The third kappa shape index (κ3) is 3.71. The molecule has 6 heteroatoms. The van der Waals surface area contributed by atoms with Crippen molar-refractivity contribution in [2.75, 3.05) is 0 Å². The van der Waals surface area contributed by atoms with Crippen LogP contribution in [0, 0.1) is 11.8 Å². The average Bonchev–Trinajstić information content (AvgIpc) is 3.12. The number of benzene rings is 1. The van der Waals surface area contributed by atoms with E-state index < -0.39 is 26.6 Å². The molecule has 3 rings (SSSR count). The Morgan fingerprint density at radius 2 is 2.00 bits per heavy atom. The standard InChI is InChI=1S/C20H27NO4S/c21-20-13-12-15(14-20)19(26(24,25)16-8-4-3-5-9-16)17(20)10-6-1-2-7-11-18(22)23/h1,3-6,8-9,15,17,19H,2,7,10-14,21H2,(H,22,23)/t15-,17+,19-,20+/m0/s1. The Morgan fingerprint density at radius 3 is 2.69 bits per heavy atom. The number of carbonyl (C=O) groups is 1. The molecule has 3 N–H and O–H groups in total. The molecule has 0 spiro atoms. The van der Waals surface area contributed by atoms with E-state index in [4.69, 9.17) is 10.8 Å². The lowest BCUT2D eigenvalue weighted by Gasteiger charge is -2.36. The van der Waals surface area contributed by atoms with Gasteiger partial charge in [-0.15, -0.1) is 0 Å². The zero-order valence-electron chi connectivity index (χ0n) is 14.9. The topological polar surface area (TPSA) is 97.5 Å². The van der Waals surface area contributed by atoms with Gasteiger partial charge in [0, 0.05) is 12.0 Å². The molecule has 0 aromatic heterocycles. The second kappa shape index (κ2) is 7.53. The Hall–Kier alpha value is -1.66. The molecule has 0 heterocycles. The number of rotatable bonds is 8. The molecule has 1 aromatic carbocycles. The van der Waals surface area contributed by atoms with Gasteiger partial charge in [-0.1, -0.05) is 30.4 Å². The molecular formula is C20H27NO4S. The van der Waals surface area contributed by atoms with Gasteiger partial charge in [0.1, 0.15) is 0 Å². The van der Waals surface area contributed by atoms with Gasteiger partial charge >= 0.3 is 5.97 Å². The van der Waals surface area contributed by atoms with Crippen molar-refractivity contribution in [2.24, 2.45) is 17.6 Å². The van der Waals surface area contributed by atoms with E-state index in [1.165, 1.54) is 0 Å². The summed E-state index contributed by atoms with van der Waals surface area (Å²) >= 11 is 0. The third-order valence-electron chi connectivity index (χ3n) is 5.97. The highest BCUT2D eigenvalue weighted by Gasteiger charge is 2.59. The summed E-state index contributed by atoms with van der Waals surface area (Å²) in [5.41, 5.74) is 6.21. The first-order valence-corrected chi connectivity index (χ1v) is 10.8. The summed E-state index contributed by atoms with van der Waals surface area (Å²) in [4.78, 5) is 10.9. The Bertz CT molecular complexity index is 774. The lowest BCUT2D eigenvalue weighted by atomic mass is 9.80. The summed E-state index contributed by atoms with van der Waals surface area (Å²) in [5, 5.41) is 8.25. The normalized spacial score (nSPS) is 30.9. The van der Waals surface area contributed by atoms with Crippen LogP contribution in [-0.2, 0) is 14.6 Å². The maximum Gasteiger partial charge on any atom is 0.303 e. The van der Waals surface area contributed by atoms with Gasteiger partial charge in [0.15, 0.2) is 9.84 Å². The van der Waals surface area contributed by atoms with Crippen LogP contribution in [0.3, 0.4) is 0 Å². The average molecular weight is 378 g/mol. The molecule has 2 bridgehead atoms. The van der Waals surface area contributed by atoms with Crippen LogP contribution < -0.4 is 5.73 Å². The summed E-state index contributed by atoms with van der Waals surface area (Å²) in [7, 11) is -3.41. The van der Waals surface area contributed by atoms with Gasteiger partial charge < -0.3 is 10.8 Å². The van der Waals surface area contributed by atoms with Crippen LogP contribution in [0.15, 0.2) is 47.4 Å². The first kappa shape index (κ1) is 19.1. The smallest absolute Gasteiger partial charge is 0.303 e. The highest BCUT2D eigenvalue weighted by Crippen LogP contribution is 2.54. The third-order valence-corrected chi connectivity index (χ3v) is 8.33. The van der Waals surface area contributed by atoms with Crippen molar-refractivity contribution >= 4 is 15.8 Å². The highest BCUT2D eigenvalue weighted by atomic mass is 32.2. The number of sulfone groups is 1. The molecule has 1 aromatic rings. The summed E-state index contributed by atoms with van der Waals surface area (Å²) in [6.45, 7) is 0. The molecule has 142 valence electrons. The summed E-state index contributed by atoms with van der Waals surface area (Å²) in [6, 6.07) is 8.68. The quantitative estimate of drug-likeness (QED) is 0.536. The van der Waals surface area contributed by atoms with E-state index in [-0.39, 0.29) is 18.3 Å². The molecule has 0 radical (unpaired) electrons. The molecule has 0 amide bonds. The van der Waals surface area contributed by atoms with Crippen molar-refractivity contribution < 1.29 is 18.3 Å². The van der Waals surface area contributed by atoms with E-state index in [1.807, 2.05) is 18.2 Å². The largest absolute Gasteiger partial charge is 0.481 e. The number of nitrogens with two attached hydrogens (primary N) is 1. The van der Waals surface area contributed by atoms with E-state index in [0.29, 0.717) is 24.2 Å². The Morgan fingerprint density at radius 1 is 1.27 bits per heavy atom. The van der Waals surface area contributed by atoms with Crippen molar-refractivity contribution in [1.29, 1.82) is 0 Å². The number of carboxylic acids is 1. The van der Waals surface area contributed by atoms with Crippen LogP contribution in [0.25, 0.3) is 0 Å². The first-order valence-electron chi connectivity index (χ1n) is 9.29. The van der Waals surface area contributed by atoms with Crippen molar-refractivity contribution in [1.82, 2.24) is 0 Å². The number of allylic oxidation sites excluding steroid dienone is 2. The van der Waals surface area contributed by atoms with E-state index in [1.54, 1.807) is 24.3 Å². The van der Waals surface area contributed by atoms with Crippen molar-refractivity contribution in [3.63, 3.8) is 0 Å². The molecule has 2 saturated carbocycles. The first-order chi connectivity index (χ1) is 12.3. The fourth-order valence-corrected chi connectivity index (χ4v) is 7.16. The maximum atomic E-state index is 13.2. The van der Waals surface area contributed by atoms with E-state index in [9.17, 15) is 13.2 Å². The van der Waals surface area contributed by atoms with Gasteiger partial charge in [-0.3, -0.25) is 4.79 Å². The molecule has 0 unspecified atom stereocenters. The van der Waals surface area contributed by atoms with E-state index >= 15 is 0 Å². The minimum atomic E-state index is -3.41. The molecule has 5 nitrogen and oxygen atoms in total. The zero-order chi connectivity index (χ0) is 18.8. The predicted octanol–water partition coefficient (Wildman–Crippen LogP) is 3.16. The lowest BCUT2D eigenvalue weighted by Crippen LogP contribution is -2.48. The van der Waals surface area contributed by atoms with Crippen LogP contribution in [0.2, 0.25) is 0 Å². The van der Waals surface area contributed by atoms with Crippen LogP contribution in [0.1, 0.15) is 44.9 Å². The van der Waals surface area contributed by atoms with Crippen molar-refractivity contribution in [3.05, 3.63) is 42.5 Å². The van der Waals surface area contributed by atoms with E-state index in [0.717, 1.165) is 19.3 Å². The van der Waals surface area contributed by atoms with Crippen LogP contribution in [0.4, 0.5) is 0 Å². The molecule has 2 aliphatic rings. The van der Waals surface area contributed by atoms with Crippen LogP contribution >= 0.6 is 0 Å². The zero-order valence-corrected chi connectivity index (χ0v) is 15.7. The molecule has 0 saturated heterocycles. The van der Waals surface area contributed by atoms with Crippen molar-refractivity contribution in [3.8, 4) is 0 Å².